The van der Waals surface area contributed by atoms with E-state index in [0.717, 1.165) is 38.9 Å². The lowest BCUT2D eigenvalue weighted by Crippen LogP contribution is -2.16. The average Bonchev–Trinajstić information content (AvgIpc) is 2.18. The first-order chi connectivity index (χ1) is 6.85. The van der Waals surface area contributed by atoms with E-state index in [1.165, 1.54) is 0 Å². The van der Waals surface area contributed by atoms with Crippen LogP contribution in [0.15, 0.2) is 12.2 Å². The number of hydrogen-bond acceptors (Lipinski definition) is 2. The van der Waals surface area contributed by atoms with E-state index in [-0.39, 0.29) is 6.29 Å². The van der Waals surface area contributed by atoms with Crippen LogP contribution in [0.1, 0.15) is 46.5 Å². The summed E-state index contributed by atoms with van der Waals surface area (Å²) < 4.78 is 10.9. The molecular weight excluding hydrogens is 176 g/mol. The summed E-state index contributed by atoms with van der Waals surface area (Å²) in [5.74, 6) is 0. The van der Waals surface area contributed by atoms with Crippen molar-refractivity contribution in [1.82, 2.24) is 0 Å². The molecule has 0 atom stereocenters. The van der Waals surface area contributed by atoms with Crippen molar-refractivity contribution in [3.8, 4) is 0 Å². The predicted molar refractivity (Wildman–Crippen MR) is 60.3 cm³/mol. The second-order valence-electron chi connectivity index (χ2n) is 3.15. The Bertz CT molecular complexity index is 126. The molecule has 0 aromatic carbocycles. The highest BCUT2D eigenvalue weighted by molar-refractivity contribution is 4.79. The van der Waals surface area contributed by atoms with Crippen molar-refractivity contribution in [2.75, 3.05) is 13.2 Å². The van der Waals surface area contributed by atoms with Crippen LogP contribution in [-0.2, 0) is 9.47 Å². The van der Waals surface area contributed by atoms with E-state index >= 15 is 0 Å². The minimum Gasteiger partial charge on any atom is -0.353 e. The summed E-state index contributed by atoms with van der Waals surface area (Å²) in [6, 6.07) is 0. The van der Waals surface area contributed by atoms with Crippen molar-refractivity contribution >= 4 is 0 Å². The van der Waals surface area contributed by atoms with Gasteiger partial charge in [0.2, 0.25) is 0 Å². The molecule has 0 unspecified atom stereocenters. The van der Waals surface area contributed by atoms with Gasteiger partial charge in [0.25, 0.3) is 0 Å². The van der Waals surface area contributed by atoms with Crippen LogP contribution in [0.5, 0.6) is 0 Å². The molecule has 0 rings (SSSR count). The third-order valence-electron chi connectivity index (χ3n) is 1.92. The van der Waals surface area contributed by atoms with Crippen molar-refractivity contribution in [2.45, 2.75) is 52.7 Å². The summed E-state index contributed by atoms with van der Waals surface area (Å²) >= 11 is 0. The van der Waals surface area contributed by atoms with Gasteiger partial charge in [-0.25, -0.2) is 0 Å². The zero-order valence-corrected chi connectivity index (χ0v) is 9.79. The Hall–Kier alpha value is -0.340. The molecule has 0 fully saturated rings. The lowest BCUT2D eigenvalue weighted by Gasteiger charge is -2.15. The monoisotopic (exact) mass is 200 g/mol. The Morgan fingerprint density at radius 3 is 2.14 bits per heavy atom. The highest BCUT2D eigenvalue weighted by atomic mass is 16.7. The van der Waals surface area contributed by atoms with E-state index in [1.54, 1.807) is 0 Å². The normalized spacial score (nSPS) is 11.7. The molecule has 0 aliphatic rings. The smallest absolute Gasteiger partial charge is 0.157 e. The zero-order chi connectivity index (χ0) is 10.6. The number of allylic oxidation sites excluding steroid dienone is 2. The predicted octanol–water partition coefficient (Wildman–Crippen LogP) is 3.52. The number of unbranched alkanes of at least 4 members (excludes halogenated alkanes) is 1. The lowest BCUT2D eigenvalue weighted by molar-refractivity contribution is -0.139. The van der Waals surface area contributed by atoms with E-state index < -0.39 is 0 Å². The molecule has 0 bridgehead atoms. The maximum Gasteiger partial charge on any atom is 0.157 e. The van der Waals surface area contributed by atoms with Gasteiger partial charge in [-0.15, -0.1) is 0 Å². The maximum atomic E-state index is 5.44. The molecule has 0 saturated heterocycles. The molecule has 14 heavy (non-hydrogen) atoms. The van der Waals surface area contributed by atoms with Crippen LogP contribution in [0.25, 0.3) is 0 Å². The topological polar surface area (TPSA) is 18.5 Å². The molecule has 2 heteroatoms. The largest absolute Gasteiger partial charge is 0.353 e. The summed E-state index contributed by atoms with van der Waals surface area (Å²) in [4.78, 5) is 0. The minimum absolute atomic E-state index is 0.0000246. The van der Waals surface area contributed by atoms with Gasteiger partial charge in [0, 0.05) is 13.2 Å². The quantitative estimate of drug-likeness (QED) is 0.322. The van der Waals surface area contributed by atoms with Crippen LogP contribution in [-0.4, -0.2) is 19.5 Å². The third-order valence-corrected chi connectivity index (χ3v) is 1.92. The van der Waals surface area contributed by atoms with Crippen LogP contribution in [0.4, 0.5) is 0 Å². The van der Waals surface area contributed by atoms with Crippen molar-refractivity contribution in [1.29, 1.82) is 0 Å². The molecule has 84 valence electrons. The van der Waals surface area contributed by atoms with Crippen molar-refractivity contribution in [3.63, 3.8) is 0 Å². The van der Waals surface area contributed by atoms with Crippen LogP contribution in [0.2, 0.25) is 0 Å². The van der Waals surface area contributed by atoms with Crippen LogP contribution in [0.3, 0.4) is 0 Å². The Balaban J connectivity index is 3.44. The molecule has 0 N–H and O–H groups in total. The molecule has 0 heterocycles. The molecule has 0 aliphatic carbocycles. The molecule has 0 amide bonds. The maximum absolute atomic E-state index is 5.44. The summed E-state index contributed by atoms with van der Waals surface area (Å²) in [5.41, 5.74) is 0. The fourth-order valence-electron chi connectivity index (χ4n) is 1.27. The number of hydrogen-bond donors (Lipinski definition) is 0. The Morgan fingerprint density at radius 2 is 1.64 bits per heavy atom. The van der Waals surface area contributed by atoms with Crippen LogP contribution >= 0.6 is 0 Å². The second kappa shape index (κ2) is 10.7. The van der Waals surface area contributed by atoms with Gasteiger partial charge in [0.1, 0.15) is 0 Å². The summed E-state index contributed by atoms with van der Waals surface area (Å²) in [6.45, 7) is 7.62. The van der Waals surface area contributed by atoms with E-state index in [0.29, 0.717) is 0 Å². The Labute approximate surface area is 88.3 Å². The fraction of sp³-hybridized carbons (Fsp3) is 0.833. The SMILES string of the molecule is CC/C=C\CCCC(OCC)OCC. The second-order valence-corrected chi connectivity index (χ2v) is 3.15. The first-order valence-electron chi connectivity index (χ1n) is 5.73. The number of rotatable bonds is 9. The van der Waals surface area contributed by atoms with E-state index in [1.807, 2.05) is 13.8 Å². The lowest BCUT2D eigenvalue weighted by atomic mass is 10.2. The van der Waals surface area contributed by atoms with E-state index in [2.05, 4.69) is 19.1 Å². The summed E-state index contributed by atoms with van der Waals surface area (Å²) in [5, 5.41) is 0. The van der Waals surface area contributed by atoms with Crippen molar-refractivity contribution < 1.29 is 9.47 Å². The van der Waals surface area contributed by atoms with Gasteiger partial charge in [-0.3, -0.25) is 0 Å². The van der Waals surface area contributed by atoms with Crippen LogP contribution < -0.4 is 0 Å². The van der Waals surface area contributed by atoms with Crippen molar-refractivity contribution in [3.05, 3.63) is 12.2 Å². The first-order valence-corrected chi connectivity index (χ1v) is 5.73. The van der Waals surface area contributed by atoms with Gasteiger partial charge >= 0.3 is 0 Å². The summed E-state index contributed by atoms with van der Waals surface area (Å²) in [7, 11) is 0. The van der Waals surface area contributed by atoms with Gasteiger partial charge in [0.15, 0.2) is 6.29 Å². The highest BCUT2D eigenvalue weighted by Crippen LogP contribution is 2.07. The first kappa shape index (κ1) is 13.7. The Morgan fingerprint density at radius 1 is 1.00 bits per heavy atom. The molecule has 0 spiro atoms. The molecule has 0 aromatic rings. The average molecular weight is 200 g/mol. The van der Waals surface area contributed by atoms with Gasteiger partial charge < -0.3 is 9.47 Å². The van der Waals surface area contributed by atoms with Gasteiger partial charge in [-0.1, -0.05) is 19.1 Å². The zero-order valence-electron chi connectivity index (χ0n) is 9.79. The molecule has 0 saturated carbocycles. The van der Waals surface area contributed by atoms with Crippen molar-refractivity contribution in [2.24, 2.45) is 0 Å². The van der Waals surface area contributed by atoms with Gasteiger partial charge in [0.05, 0.1) is 0 Å². The molecule has 0 aromatic heterocycles. The fourth-order valence-corrected chi connectivity index (χ4v) is 1.27. The molecular formula is C12H24O2. The van der Waals surface area contributed by atoms with E-state index in [4.69, 9.17) is 9.47 Å². The third kappa shape index (κ3) is 8.27. The molecule has 0 aliphatic heterocycles. The Kier molecular flexibility index (Phi) is 10.5. The molecule has 2 nitrogen and oxygen atoms in total. The standard InChI is InChI=1S/C12H24O2/c1-4-7-8-9-10-11-12(13-5-2)14-6-3/h7-8,12H,4-6,9-11H2,1-3H3/b8-7-. The summed E-state index contributed by atoms with van der Waals surface area (Å²) in [6.07, 6.45) is 8.83. The van der Waals surface area contributed by atoms with Gasteiger partial charge in [-0.05, 0) is 39.5 Å². The van der Waals surface area contributed by atoms with Crippen LogP contribution in [0, 0.1) is 0 Å². The highest BCUT2D eigenvalue weighted by Gasteiger charge is 2.05. The van der Waals surface area contributed by atoms with E-state index in [9.17, 15) is 0 Å². The van der Waals surface area contributed by atoms with Gasteiger partial charge in [-0.2, -0.15) is 0 Å². The minimum atomic E-state index is 0.0000246. The number of ether oxygens (including phenoxy) is 2. The molecule has 0 radical (unpaired) electrons.